The molecule has 0 aromatic heterocycles. The van der Waals surface area contributed by atoms with E-state index < -0.39 is 28.4 Å². The van der Waals surface area contributed by atoms with E-state index in [1.807, 2.05) is 0 Å². The second kappa shape index (κ2) is 6.96. The summed E-state index contributed by atoms with van der Waals surface area (Å²) >= 11 is 0. The van der Waals surface area contributed by atoms with Gasteiger partial charge in [-0.1, -0.05) is 12.2 Å². The number of hydrogen-bond acceptors (Lipinski definition) is 7. The Morgan fingerprint density at radius 2 is 2.20 bits per heavy atom. The molecule has 114 valence electrons. The van der Waals surface area contributed by atoms with Crippen molar-refractivity contribution in [2.24, 2.45) is 11.8 Å². The minimum Gasteiger partial charge on any atom is -0.726 e. The maximum Gasteiger partial charge on any atom is 0.218 e. The molecule has 20 heavy (non-hydrogen) atoms. The minimum absolute atomic E-state index is 0.00841. The number of carbonyl (C=O) groups excluding carboxylic acids is 2. The van der Waals surface area contributed by atoms with Crippen LogP contribution in [0.15, 0.2) is 12.2 Å². The van der Waals surface area contributed by atoms with Crippen LogP contribution in [0.5, 0.6) is 0 Å². The third-order valence-corrected chi connectivity index (χ3v) is 3.78. The van der Waals surface area contributed by atoms with Crippen LogP contribution in [-0.2, 0) is 24.2 Å². The minimum atomic E-state index is -4.76. The van der Waals surface area contributed by atoms with Gasteiger partial charge in [0.15, 0.2) is 0 Å². The maximum atomic E-state index is 11.6. The molecule has 1 rings (SSSR count). The van der Waals surface area contributed by atoms with Gasteiger partial charge in [0.2, 0.25) is 10.4 Å². The van der Waals surface area contributed by atoms with Gasteiger partial charge < -0.3 is 14.5 Å². The normalized spacial score (nSPS) is 25.2. The van der Waals surface area contributed by atoms with E-state index in [1.54, 1.807) is 0 Å². The Kier molecular flexibility index (Phi) is 5.85. The van der Waals surface area contributed by atoms with Crippen LogP contribution in [0.3, 0.4) is 0 Å². The molecule has 1 saturated carbocycles. The van der Waals surface area contributed by atoms with E-state index in [0.717, 1.165) is 0 Å². The Hall–Kier alpha value is -1.25. The molecule has 1 aliphatic carbocycles. The topological polar surface area (TPSA) is 124 Å². The van der Waals surface area contributed by atoms with Crippen molar-refractivity contribution < 1.29 is 31.8 Å². The molecule has 0 aromatic rings. The van der Waals surface area contributed by atoms with E-state index in [1.165, 1.54) is 19.1 Å². The van der Waals surface area contributed by atoms with Gasteiger partial charge in [0.25, 0.3) is 0 Å². The monoisotopic (exact) mass is 304 g/mol. The highest BCUT2D eigenvalue weighted by molar-refractivity contribution is 7.80. The zero-order valence-corrected chi connectivity index (χ0v) is 11.8. The molecule has 0 aromatic carbocycles. The highest BCUT2D eigenvalue weighted by Gasteiger charge is 2.33. The molecule has 0 heterocycles. The summed E-state index contributed by atoms with van der Waals surface area (Å²) in [5.74, 6) is -1.85. The van der Waals surface area contributed by atoms with E-state index >= 15 is 0 Å². The Bertz CT molecular complexity index is 494. The SMILES string of the molecule is CC(/C=C\CC1C(=O)CCC1CC(=O)[O-])OS(=O)(=O)[O-]. The molecule has 0 bridgehead atoms. The average Bonchev–Trinajstić information content (AvgIpc) is 2.58. The Morgan fingerprint density at radius 3 is 2.75 bits per heavy atom. The first-order valence-electron chi connectivity index (χ1n) is 6.22. The molecule has 0 saturated heterocycles. The first-order valence-corrected chi connectivity index (χ1v) is 7.55. The van der Waals surface area contributed by atoms with Crippen molar-refractivity contribution in [3.05, 3.63) is 12.2 Å². The number of Topliss-reactive ketones (excluding diaryl/α,β-unsaturated/α-hetero) is 1. The zero-order chi connectivity index (χ0) is 15.3. The fourth-order valence-electron chi connectivity index (χ4n) is 2.39. The van der Waals surface area contributed by atoms with Crippen molar-refractivity contribution >= 4 is 22.2 Å². The molecule has 3 atom stereocenters. The smallest absolute Gasteiger partial charge is 0.218 e. The third kappa shape index (κ3) is 5.81. The fourth-order valence-corrected chi connectivity index (χ4v) is 2.83. The predicted molar refractivity (Wildman–Crippen MR) is 64.8 cm³/mol. The molecule has 3 unspecified atom stereocenters. The maximum absolute atomic E-state index is 11.6. The predicted octanol–water partition coefficient (Wildman–Crippen LogP) is -0.467. The summed E-state index contributed by atoms with van der Waals surface area (Å²) in [6.07, 6.45) is 2.97. The lowest BCUT2D eigenvalue weighted by molar-refractivity contribution is -0.307. The van der Waals surface area contributed by atoms with Gasteiger partial charge in [0.1, 0.15) is 5.78 Å². The molecule has 0 spiro atoms. The number of carbonyl (C=O) groups is 2. The van der Waals surface area contributed by atoms with Crippen molar-refractivity contribution in [2.45, 2.75) is 38.7 Å². The number of aliphatic carboxylic acids is 1. The summed E-state index contributed by atoms with van der Waals surface area (Å²) < 4.78 is 35.2. The van der Waals surface area contributed by atoms with Gasteiger partial charge >= 0.3 is 0 Å². The third-order valence-electron chi connectivity index (χ3n) is 3.24. The number of allylic oxidation sites excluding steroid dienone is 1. The van der Waals surface area contributed by atoms with E-state index in [9.17, 15) is 27.7 Å². The number of hydrogen-bond donors (Lipinski definition) is 0. The summed E-state index contributed by atoms with van der Waals surface area (Å²) in [4.78, 5) is 22.2. The van der Waals surface area contributed by atoms with E-state index in [-0.39, 0.29) is 18.1 Å². The lowest BCUT2D eigenvalue weighted by Crippen LogP contribution is -2.27. The van der Waals surface area contributed by atoms with Gasteiger partial charge in [-0.2, -0.15) is 0 Å². The Morgan fingerprint density at radius 1 is 1.55 bits per heavy atom. The van der Waals surface area contributed by atoms with Crippen molar-refractivity contribution in [3.8, 4) is 0 Å². The highest BCUT2D eigenvalue weighted by atomic mass is 32.3. The zero-order valence-electron chi connectivity index (χ0n) is 11.0. The molecular weight excluding hydrogens is 288 g/mol. The quantitative estimate of drug-likeness (QED) is 0.354. The van der Waals surface area contributed by atoms with Crippen LogP contribution in [0.4, 0.5) is 0 Å². The summed E-state index contributed by atoms with van der Waals surface area (Å²) in [6.45, 7) is 1.38. The van der Waals surface area contributed by atoms with Crippen molar-refractivity contribution in [1.82, 2.24) is 0 Å². The molecule has 0 radical (unpaired) electrons. The molecule has 7 nitrogen and oxygen atoms in total. The largest absolute Gasteiger partial charge is 0.726 e. The number of carboxylic acids is 1. The number of rotatable bonds is 7. The van der Waals surface area contributed by atoms with Gasteiger partial charge in [-0.15, -0.1) is 0 Å². The fraction of sp³-hybridized carbons (Fsp3) is 0.667. The lowest BCUT2D eigenvalue weighted by Gasteiger charge is -2.17. The van der Waals surface area contributed by atoms with Gasteiger partial charge in [0, 0.05) is 18.3 Å². The van der Waals surface area contributed by atoms with Gasteiger partial charge in [-0.3, -0.25) is 8.98 Å². The van der Waals surface area contributed by atoms with Crippen LogP contribution in [0, 0.1) is 11.8 Å². The summed E-state index contributed by atoms with van der Waals surface area (Å²) in [6, 6.07) is 0. The number of ketones is 1. The van der Waals surface area contributed by atoms with Crippen LogP contribution in [0.1, 0.15) is 32.6 Å². The van der Waals surface area contributed by atoms with Crippen molar-refractivity contribution in [1.29, 1.82) is 0 Å². The summed E-state index contributed by atoms with van der Waals surface area (Å²) in [5, 5.41) is 10.6. The van der Waals surface area contributed by atoms with Gasteiger partial charge in [-0.05, 0) is 32.1 Å². The average molecular weight is 304 g/mol. The first kappa shape index (κ1) is 16.8. The highest BCUT2D eigenvalue weighted by Crippen LogP contribution is 2.33. The lowest BCUT2D eigenvalue weighted by atomic mass is 9.89. The van der Waals surface area contributed by atoms with Crippen LogP contribution in [-0.4, -0.2) is 30.8 Å². The van der Waals surface area contributed by atoms with Crippen LogP contribution in [0.25, 0.3) is 0 Å². The van der Waals surface area contributed by atoms with Crippen LogP contribution >= 0.6 is 0 Å². The summed E-state index contributed by atoms with van der Waals surface area (Å²) in [5.41, 5.74) is 0. The van der Waals surface area contributed by atoms with Crippen LogP contribution in [0.2, 0.25) is 0 Å². The molecular formula is C12H16O7S-2. The standard InChI is InChI=1S/C12H18O7S/c1-8(19-20(16,17)18)3-2-4-10-9(7-12(14)15)5-6-11(10)13/h2-3,8-10H,4-7H2,1H3,(H,14,15)(H,16,17,18)/p-2/b3-2-. The Labute approximate surface area is 117 Å². The molecule has 1 fully saturated rings. The first-order chi connectivity index (χ1) is 9.19. The van der Waals surface area contributed by atoms with Crippen molar-refractivity contribution in [2.75, 3.05) is 0 Å². The van der Waals surface area contributed by atoms with Crippen molar-refractivity contribution in [3.63, 3.8) is 0 Å². The van der Waals surface area contributed by atoms with Crippen LogP contribution < -0.4 is 5.11 Å². The molecule has 8 heteroatoms. The number of carboxylic acid groups (broad SMARTS) is 1. The van der Waals surface area contributed by atoms with Gasteiger partial charge in [-0.25, -0.2) is 8.42 Å². The van der Waals surface area contributed by atoms with E-state index in [2.05, 4.69) is 4.18 Å². The molecule has 1 aliphatic rings. The Balaban J connectivity index is 2.53. The van der Waals surface area contributed by atoms with E-state index in [0.29, 0.717) is 19.3 Å². The molecule has 0 N–H and O–H groups in total. The second-order valence-corrected chi connectivity index (χ2v) is 5.83. The van der Waals surface area contributed by atoms with E-state index in [4.69, 9.17) is 0 Å². The molecule has 0 aliphatic heterocycles. The van der Waals surface area contributed by atoms with Gasteiger partial charge in [0.05, 0.1) is 6.10 Å². The molecule has 0 amide bonds. The second-order valence-electron chi connectivity index (χ2n) is 4.82. The summed E-state index contributed by atoms with van der Waals surface area (Å²) in [7, 11) is -4.76.